The molecule has 1 atom stereocenters. The summed E-state index contributed by atoms with van der Waals surface area (Å²) >= 11 is 5.93. The predicted octanol–water partition coefficient (Wildman–Crippen LogP) is 3.11. The standard InChI is InChI=1S/C19H28ClFN6O3/c20-19-23-16(22-14-7-3-4-8-14)15(21)17(24-19)25-26-18(29)13(10-27(30)11-28)9-12-5-1-2-6-12/h11-14,30H,1-10H2,(H,26,29)(H2,22,23,24,25)/t13-/m1/s1. The first-order chi connectivity index (χ1) is 14.5. The molecule has 2 amide bonds. The highest BCUT2D eigenvalue weighted by atomic mass is 35.5. The van der Waals surface area contributed by atoms with Crippen LogP contribution in [0.3, 0.4) is 0 Å². The lowest BCUT2D eigenvalue weighted by Crippen LogP contribution is -2.41. The lowest BCUT2D eigenvalue weighted by molar-refractivity contribution is -0.154. The van der Waals surface area contributed by atoms with Crippen LogP contribution >= 0.6 is 11.6 Å². The molecule has 0 bridgehead atoms. The molecule has 166 valence electrons. The lowest BCUT2D eigenvalue weighted by Gasteiger charge is -2.22. The van der Waals surface area contributed by atoms with Gasteiger partial charge >= 0.3 is 0 Å². The van der Waals surface area contributed by atoms with E-state index in [4.69, 9.17) is 11.6 Å². The van der Waals surface area contributed by atoms with Crippen LogP contribution < -0.4 is 16.2 Å². The zero-order valence-electron chi connectivity index (χ0n) is 16.7. The van der Waals surface area contributed by atoms with E-state index in [9.17, 15) is 19.2 Å². The molecule has 2 fully saturated rings. The quantitative estimate of drug-likeness (QED) is 0.190. The fourth-order valence-electron chi connectivity index (χ4n) is 4.27. The highest BCUT2D eigenvalue weighted by molar-refractivity contribution is 6.28. The van der Waals surface area contributed by atoms with Gasteiger partial charge in [-0.2, -0.15) is 14.4 Å². The van der Waals surface area contributed by atoms with Crippen molar-refractivity contribution in [1.29, 1.82) is 0 Å². The van der Waals surface area contributed by atoms with Gasteiger partial charge in [0.25, 0.3) is 0 Å². The molecule has 0 spiro atoms. The molecule has 0 radical (unpaired) electrons. The minimum absolute atomic E-state index is 0.0105. The van der Waals surface area contributed by atoms with Crippen LogP contribution in [0.1, 0.15) is 57.8 Å². The van der Waals surface area contributed by atoms with Gasteiger partial charge in [0.1, 0.15) is 0 Å². The van der Waals surface area contributed by atoms with E-state index in [0.29, 0.717) is 17.4 Å². The second-order valence-electron chi connectivity index (χ2n) is 8.05. The summed E-state index contributed by atoms with van der Waals surface area (Å²) < 4.78 is 14.8. The number of aromatic nitrogens is 2. The van der Waals surface area contributed by atoms with Crippen molar-refractivity contribution >= 4 is 35.6 Å². The van der Waals surface area contributed by atoms with Gasteiger partial charge < -0.3 is 5.32 Å². The fourth-order valence-corrected chi connectivity index (χ4v) is 4.44. The molecule has 1 aromatic rings. The highest BCUT2D eigenvalue weighted by Crippen LogP contribution is 2.31. The number of hydrogen-bond donors (Lipinski definition) is 4. The molecule has 3 rings (SSSR count). The Labute approximate surface area is 179 Å². The summed E-state index contributed by atoms with van der Waals surface area (Å²) in [6, 6.07) is 0.127. The van der Waals surface area contributed by atoms with Crippen molar-refractivity contribution in [3.8, 4) is 0 Å². The zero-order valence-corrected chi connectivity index (χ0v) is 17.5. The van der Waals surface area contributed by atoms with Gasteiger partial charge in [-0.25, -0.2) is 5.06 Å². The molecule has 9 nitrogen and oxygen atoms in total. The molecule has 1 heterocycles. The molecule has 0 saturated heterocycles. The van der Waals surface area contributed by atoms with Crippen LogP contribution in [0.25, 0.3) is 0 Å². The van der Waals surface area contributed by atoms with Crippen LogP contribution in [0.15, 0.2) is 0 Å². The fraction of sp³-hybridized carbons (Fsp3) is 0.684. The summed E-state index contributed by atoms with van der Waals surface area (Å²) in [4.78, 5) is 31.2. The number of carbonyl (C=O) groups is 2. The van der Waals surface area contributed by atoms with Gasteiger partial charge in [0.05, 0.1) is 12.5 Å². The molecule has 0 aromatic carbocycles. The Morgan fingerprint density at radius 3 is 2.50 bits per heavy atom. The molecule has 1 aromatic heterocycles. The predicted molar refractivity (Wildman–Crippen MR) is 109 cm³/mol. The average Bonchev–Trinajstić information content (AvgIpc) is 3.42. The maximum Gasteiger partial charge on any atom is 0.243 e. The van der Waals surface area contributed by atoms with Crippen molar-refractivity contribution < 1.29 is 19.2 Å². The van der Waals surface area contributed by atoms with Crippen LogP contribution in [0.2, 0.25) is 5.28 Å². The van der Waals surface area contributed by atoms with E-state index in [1.807, 2.05) is 0 Å². The third-order valence-corrected chi connectivity index (χ3v) is 5.99. The molecule has 0 aliphatic heterocycles. The molecule has 2 aliphatic carbocycles. The number of halogens is 2. The van der Waals surface area contributed by atoms with Gasteiger partial charge in [-0.1, -0.05) is 38.5 Å². The summed E-state index contributed by atoms with van der Waals surface area (Å²) in [7, 11) is 0. The molecule has 0 unspecified atom stereocenters. The first kappa shape index (κ1) is 22.5. The summed E-state index contributed by atoms with van der Waals surface area (Å²) in [5.41, 5.74) is 4.91. The normalized spacial score (nSPS) is 18.2. The Balaban J connectivity index is 1.64. The Kier molecular flexibility index (Phi) is 8.03. The molecular formula is C19H28ClFN6O3. The second kappa shape index (κ2) is 10.7. The maximum atomic E-state index is 14.8. The van der Waals surface area contributed by atoms with E-state index >= 15 is 0 Å². The van der Waals surface area contributed by atoms with Gasteiger partial charge in [0.2, 0.25) is 23.4 Å². The Morgan fingerprint density at radius 2 is 1.83 bits per heavy atom. The van der Waals surface area contributed by atoms with Gasteiger partial charge in [0.15, 0.2) is 11.6 Å². The van der Waals surface area contributed by atoms with Crippen LogP contribution in [-0.4, -0.2) is 45.1 Å². The van der Waals surface area contributed by atoms with E-state index in [0.717, 1.165) is 51.4 Å². The van der Waals surface area contributed by atoms with Crippen LogP contribution in [0.4, 0.5) is 16.0 Å². The van der Waals surface area contributed by atoms with Crippen LogP contribution in [-0.2, 0) is 9.59 Å². The molecule has 11 heteroatoms. The van der Waals surface area contributed by atoms with Crippen molar-refractivity contribution in [3.05, 3.63) is 11.1 Å². The number of nitrogens with zero attached hydrogens (tertiary/aromatic N) is 3. The topological polar surface area (TPSA) is 119 Å². The Hall–Kier alpha value is -2.20. The minimum atomic E-state index is -0.740. The lowest BCUT2D eigenvalue weighted by atomic mass is 9.92. The van der Waals surface area contributed by atoms with Crippen LogP contribution in [0.5, 0.6) is 0 Å². The number of carbonyl (C=O) groups excluding carboxylic acids is 2. The van der Waals surface area contributed by atoms with Gasteiger partial charge in [-0.15, -0.1) is 0 Å². The monoisotopic (exact) mass is 442 g/mol. The first-order valence-electron chi connectivity index (χ1n) is 10.4. The van der Waals surface area contributed by atoms with E-state index < -0.39 is 17.6 Å². The van der Waals surface area contributed by atoms with Gasteiger partial charge in [0, 0.05) is 6.04 Å². The molecule has 4 N–H and O–H groups in total. The summed E-state index contributed by atoms with van der Waals surface area (Å²) in [5.74, 6) is -1.76. The average molecular weight is 443 g/mol. The summed E-state index contributed by atoms with van der Waals surface area (Å²) in [6.45, 7) is -0.144. The SMILES string of the molecule is O=CN(O)C[C@@H](CC1CCCC1)C(=O)NNc1nc(Cl)nc(NC2CCCC2)c1F. The number of hydrazine groups is 1. The van der Waals surface area contributed by atoms with E-state index in [2.05, 4.69) is 26.1 Å². The van der Waals surface area contributed by atoms with Crippen molar-refractivity contribution in [3.63, 3.8) is 0 Å². The number of hydrogen-bond acceptors (Lipinski definition) is 7. The summed E-state index contributed by atoms with van der Waals surface area (Å²) in [6.07, 6.45) is 9.02. The van der Waals surface area contributed by atoms with E-state index in [-0.39, 0.29) is 35.9 Å². The largest absolute Gasteiger partial charge is 0.365 e. The number of nitrogens with one attached hydrogen (secondary N) is 3. The Bertz CT molecular complexity index is 743. The number of rotatable bonds is 10. The Morgan fingerprint density at radius 1 is 1.20 bits per heavy atom. The third-order valence-electron chi connectivity index (χ3n) is 5.82. The number of amides is 2. The van der Waals surface area contributed by atoms with Gasteiger partial charge in [-0.3, -0.25) is 25.6 Å². The number of anilines is 2. The second-order valence-corrected chi connectivity index (χ2v) is 8.39. The van der Waals surface area contributed by atoms with Crippen LogP contribution in [0, 0.1) is 17.7 Å². The highest BCUT2D eigenvalue weighted by Gasteiger charge is 2.27. The van der Waals surface area contributed by atoms with Crippen molar-refractivity contribution in [1.82, 2.24) is 20.5 Å². The first-order valence-corrected chi connectivity index (χ1v) is 10.8. The smallest absolute Gasteiger partial charge is 0.243 e. The maximum absolute atomic E-state index is 14.8. The minimum Gasteiger partial charge on any atom is -0.365 e. The summed E-state index contributed by atoms with van der Waals surface area (Å²) in [5, 5.41) is 12.9. The van der Waals surface area contributed by atoms with Crippen molar-refractivity contribution in [2.75, 3.05) is 17.3 Å². The van der Waals surface area contributed by atoms with Gasteiger partial charge in [-0.05, 0) is 36.8 Å². The molecule has 2 saturated carbocycles. The van der Waals surface area contributed by atoms with E-state index in [1.54, 1.807) is 0 Å². The molecular weight excluding hydrogens is 415 g/mol. The molecule has 2 aliphatic rings. The molecule has 30 heavy (non-hydrogen) atoms. The van der Waals surface area contributed by atoms with Crippen molar-refractivity contribution in [2.45, 2.75) is 63.8 Å². The number of hydroxylamine groups is 2. The van der Waals surface area contributed by atoms with Crippen molar-refractivity contribution in [2.24, 2.45) is 11.8 Å². The third kappa shape index (κ3) is 6.15. The zero-order chi connectivity index (χ0) is 21.5. The van der Waals surface area contributed by atoms with E-state index in [1.165, 1.54) is 0 Å².